The smallest absolute Gasteiger partial charge is 0.416 e. The molecule has 226 valence electrons. The van der Waals surface area contributed by atoms with E-state index in [2.05, 4.69) is 4.98 Å². The number of sulfonamides is 1. The predicted octanol–water partition coefficient (Wildman–Crippen LogP) is 4.81. The Balaban J connectivity index is 1.37. The van der Waals surface area contributed by atoms with Crippen LogP contribution in [0.1, 0.15) is 27.9 Å². The first-order chi connectivity index (χ1) is 19.6. The number of carbonyl (C=O) groups is 1. The van der Waals surface area contributed by atoms with E-state index in [4.69, 9.17) is 0 Å². The first-order valence-electron chi connectivity index (χ1n) is 12.6. The van der Waals surface area contributed by atoms with Crippen LogP contribution >= 0.6 is 0 Å². The molecule has 2 heterocycles. The second kappa shape index (κ2) is 12.2. The van der Waals surface area contributed by atoms with Gasteiger partial charge in [0.25, 0.3) is 5.91 Å². The third-order valence-corrected chi connectivity index (χ3v) is 7.79. The molecule has 8 nitrogen and oxygen atoms in total. The maximum Gasteiger partial charge on any atom is 0.416 e. The van der Waals surface area contributed by atoms with Gasteiger partial charge in [-0.15, -0.1) is 0 Å². The fourth-order valence-electron chi connectivity index (χ4n) is 4.45. The molecular weight excluding hydrogens is 590 g/mol. The van der Waals surface area contributed by atoms with Crippen LogP contribution in [0.15, 0.2) is 60.9 Å². The van der Waals surface area contributed by atoms with Crippen molar-refractivity contribution in [1.29, 1.82) is 0 Å². The van der Waals surface area contributed by atoms with E-state index in [1.165, 1.54) is 30.6 Å². The first-order valence-corrected chi connectivity index (χ1v) is 14.3. The molecule has 2 N–H and O–H groups in total. The fraction of sp³-hybridized carbons (Fsp3) is 0.333. The van der Waals surface area contributed by atoms with Crippen LogP contribution in [-0.4, -0.2) is 67.4 Å². The van der Waals surface area contributed by atoms with E-state index in [1.807, 2.05) is 9.80 Å². The summed E-state index contributed by atoms with van der Waals surface area (Å²) in [5.74, 6) is -2.47. The van der Waals surface area contributed by atoms with Gasteiger partial charge in [0.15, 0.2) is 0 Å². The first kappa shape index (κ1) is 31.1. The van der Waals surface area contributed by atoms with Gasteiger partial charge >= 0.3 is 12.4 Å². The molecule has 0 unspecified atom stereocenters. The zero-order valence-corrected chi connectivity index (χ0v) is 22.7. The lowest BCUT2D eigenvalue weighted by Gasteiger charge is -2.36. The molecule has 42 heavy (non-hydrogen) atoms. The number of amides is 1. The molecule has 0 bridgehead atoms. The number of rotatable bonds is 8. The molecular formula is C27H26F6N4O4S. The summed E-state index contributed by atoms with van der Waals surface area (Å²) in [6.45, 7) is 2.30. The van der Waals surface area contributed by atoms with Crippen LogP contribution in [-0.2, 0) is 22.7 Å². The Hall–Kier alpha value is -3.85. The van der Waals surface area contributed by atoms with Gasteiger partial charge in [0, 0.05) is 55.7 Å². The number of piperazine rings is 1. The zero-order valence-electron chi connectivity index (χ0n) is 21.9. The minimum Gasteiger partial charge on any atom is -0.506 e. The van der Waals surface area contributed by atoms with Crippen molar-refractivity contribution in [3.05, 3.63) is 77.6 Å². The fourth-order valence-corrected chi connectivity index (χ4v) is 5.45. The summed E-state index contributed by atoms with van der Waals surface area (Å²) in [6, 6.07) is 11.0. The van der Waals surface area contributed by atoms with Gasteiger partial charge in [-0.2, -0.15) is 26.3 Å². The minimum absolute atomic E-state index is 0.0461. The van der Waals surface area contributed by atoms with E-state index < -0.39 is 46.0 Å². The molecule has 0 aliphatic carbocycles. The summed E-state index contributed by atoms with van der Waals surface area (Å²) in [7, 11) is -4.47. The molecule has 1 fully saturated rings. The van der Waals surface area contributed by atoms with E-state index in [-0.39, 0.29) is 23.4 Å². The maximum absolute atomic E-state index is 13.6. The molecule has 2 aromatic carbocycles. The molecule has 15 heteroatoms. The number of nitrogens with one attached hydrogen (secondary N) is 1. The van der Waals surface area contributed by atoms with Crippen LogP contribution in [0.2, 0.25) is 0 Å². The van der Waals surface area contributed by atoms with Gasteiger partial charge in [-0.3, -0.25) is 14.7 Å². The Morgan fingerprint density at radius 3 is 2.17 bits per heavy atom. The highest BCUT2D eigenvalue weighted by Gasteiger charge is 2.32. The van der Waals surface area contributed by atoms with Crippen molar-refractivity contribution in [2.45, 2.75) is 25.3 Å². The number of hydrogen-bond acceptors (Lipinski definition) is 7. The van der Waals surface area contributed by atoms with Crippen LogP contribution in [0.4, 0.5) is 32.0 Å². The minimum atomic E-state index is -4.68. The predicted molar refractivity (Wildman–Crippen MR) is 142 cm³/mol. The van der Waals surface area contributed by atoms with Gasteiger partial charge in [-0.25, -0.2) is 13.1 Å². The molecule has 0 spiro atoms. The largest absolute Gasteiger partial charge is 0.506 e. The number of aromatic hydroxyl groups is 1. The van der Waals surface area contributed by atoms with Crippen molar-refractivity contribution < 1.29 is 44.7 Å². The van der Waals surface area contributed by atoms with Crippen molar-refractivity contribution in [3.8, 4) is 16.9 Å². The monoisotopic (exact) mass is 616 g/mol. The second-order valence-electron chi connectivity index (χ2n) is 9.77. The van der Waals surface area contributed by atoms with E-state index in [9.17, 15) is 44.7 Å². The highest BCUT2D eigenvalue weighted by atomic mass is 32.2. The number of alkyl halides is 6. The van der Waals surface area contributed by atoms with Gasteiger partial charge in [-0.1, -0.05) is 0 Å². The Morgan fingerprint density at radius 2 is 1.57 bits per heavy atom. The maximum atomic E-state index is 13.6. The lowest BCUT2D eigenvalue weighted by atomic mass is 10.00. The van der Waals surface area contributed by atoms with E-state index >= 15 is 0 Å². The molecule has 1 aliphatic rings. The lowest BCUT2D eigenvalue weighted by molar-refractivity contribution is -0.137. The summed E-state index contributed by atoms with van der Waals surface area (Å²) in [6.07, 6.45) is -8.26. The zero-order chi connectivity index (χ0) is 30.7. The average Bonchev–Trinajstić information content (AvgIpc) is 2.91. The summed E-state index contributed by atoms with van der Waals surface area (Å²) in [4.78, 5) is 20.0. The Kier molecular flexibility index (Phi) is 9.01. The van der Waals surface area contributed by atoms with Crippen molar-refractivity contribution in [3.63, 3.8) is 0 Å². The number of benzene rings is 2. The van der Waals surface area contributed by atoms with Crippen LogP contribution in [0.25, 0.3) is 11.1 Å². The Bertz CT molecular complexity index is 1520. The third-order valence-electron chi connectivity index (χ3n) is 6.55. The van der Waals surface area contributed by atoms with E-state index in [0.29, 0.717) is 43.0 Å². The molecule has 4 rings (SSSR count). The van der Waals surface area contributed by atoms with Gasteiger partial charge in [0.2, 0.25) is 10.0 Å². The van der Waals surface area contributed by atoms with Crippen molar-refractivity contribution >= 4 is 21.6 Å². The summed E-state index contributed by atoms with van der Waals surface area (Å²) in [5, 5.41) is 9.71. The topological polar surface area (TPSA) is 103 Å². The summed E-state index contributed by atoms with van der Waals surface area (Å²) in [5.41, 5.74) is 0.924. The number of nitrogens with zero attached hydrogens (tertiary/aromatic N) is 3. The molecule has 0 radical (unpaired) electrons. The normalized spacial score (nSPS) is 15.0. The quantitative estimate of drug-likeness (QED) is 0.351. The Morgan fingerprint density at radius 1 is 0.905 bits per heavy atom. The summed E-state index contributed by atoms with van der Waals surface area (Å²) >= 11 is 0. The van der Waals surface area contributed by atoms with Crippen LogP contribution in [0.5, 0.6) is 5.75 Å². The molecule has 1 saturated heterocycles. The number of aromatic nitrogens is 1. The van der Waals surface area contributed by atoms with Crippen LogP contribution in [0, 0.1) is 0 Å². The average molecular weight is 617 g/mol. The molecule has 3 aromatic rings. The highest BCUT2D eigenvalue weighted by molar-refractivity contribution is 7.90. The number of hydrogen-bond donors (Lipinski definition) is 2. The molecule has 0 saturated carbocycles. The van der Waals surface area contributed by atoms with Crippen molar-refractivity contribution in [2.75, 3.05) is 36.8 Å². The van der Waals surface area contributed by atoms with Crippen molar-refractivity contribution in [1.82, 2.24) is 14.6 Å². The highest BCUT2D eigenvalue weighted by Crippen LogP contribution is 2.34. The van der Waals surface area contributed by atoms with Gasteiger partial charge in [-0.05, 0) is 59.7 Å². The standard InChI is InChI=1S/C27H26F6N4O4S/c28-26(29,30)5-10-42(40,41)35-25(39)19-1-3-23(4-2-19)37-8-6-36(7-9-37)17-18-11-20(13-22(12-18)27(31,32)33)21-14-24(38)16-34-15-21/h1-4,11-16,38H,5-10,17H2,(H,35,39). The third kappa shape index (κ3) is 8.58. The van der Waals surface area contributed by atoms with Gasteiger partial charge in [0.1, 0.15) is 5.75 Å². The van der Waals surface area contributed by atoms with Crippen LogP contribution in [0.3, 0.4) is 0 Å². The van der Waals surface area contributed by atoms with Crippen molar-refractivity contribution in [2.24, 2.45) is 0 Å². The molecule has 1 aromatic heterocycles. The van der Waals surface area contributed by atoms with Crippen LogP contribution < -0.4 is 9.62 Å². The molecule has 1 aliphatic heterocycles. The van der Waals surface area contributed by atoms with Gasteiger partial charge in [0.05, 0.1) is 23.9 Å². The van der Waals surface area contributed by atoms with E-state index in [1.54, 1.807) is 22.9 Å². The summed E-state index contributed by atoms with van der Waals surface area (Å²) < 4.78 is 103. The number of pyridine rings is 1. The number of carbonyl (C=O) groups excluding carboxylic acids is 1. The lowest BCUT2D eigenvalue weighted by Crippen LogP contribution is -2.46. The number of halogens is 6. The number of anilines is 1. The SMILES string of the molecule is O=C(NS(=O)(=O)CCC(F)(F)F)c1ccc(N2CCN(Cc3cc(-c4cncc(O)c4)cc(C(F)(F)F)c3)CC2)cc1. The van der Waals surface area contributed by atoms with E-state index in [0.717, 1.165) is 12.1 Å². The Labute approximate surface area is 237 Å². The molecule has 0 atom stereocenters. The molecule has 1 amide bonds. The second-order valence-corrected chi connectivity index (χ2v) is 11.6. The van der Waals surface area contributed by atoms with Gasteiger partial charge < -0.3 is 10.0 Å².